The number of aryl methyl sites for hydroxylation is 2. The highest BCUT2D eigenvalue weighted by molar-refractivity contribution is 7.13. The zero-order valence-electron chi connectivity index (χ0n) is 7.13. The van der Waals surface area contributed by atoms with Crippen LogP contribution in [0.3, 0.4) is 0 Å². The van der Waals surface area contributed by atoms with Crippen LogP contribution in [0.4, 0.5) is 0 Å². The fourth-order valence-corrected chi connectivity index (χ4v) is 1.79. The van der Waals surface area contributed by atoms with E-state index in [-0.39, 0.29) is 0 Å². The van der Waals surface area contributed by atoms with Gasteiger partial charge in [0.2, 0.25) is 0 Å². The molecule has 0 aliphatic heterocycles. The molecule has 0 aromatic carbocycles. The summed E-state index contributed by atoms with van der Waals surface area (Å²) in [4.78, 5) is 1.20. The molecule has 0 atom stereocenters. The zero-order valence-corrected chi connectivity index (χ0v) is 7.94. The highest BCUT2D eigenvalue weighted by Crippen LogP contribution is 2.28. The first-order chi connectivity index (χ1) is 5.77. The number of thiophene rings is 1. The van der Waals surface area contributed by atoms with E-state index >= 15 is 0 Å². The molecule has 0 unspecified atom stereocenters. The van der Waals surface area contributed by atoms with E-state index in [0.29, 0.717) is 0 Å². The van der Waals surface area contributed by atoms with E-state index in [4.69, 9.17) is 4.42 Å². The van der Waals surface area contributed by atoms with Gasteiger partial charge in [-0.1, -0.05) is 6.07 Å². The molecule has 0 bridgehead atoms. The summed E-state index contributed by atoms with van der Waals surface area (Å²) in [5.41, 5.74) is 1.22. The van der Waals surface area contributed by atoms with Gasteiger partial charge in [-0.05, 0) is 36.9 Å². The van der Waals surface area contributed by atoms with E-state index < -0.39 is 0 Å². The van der Waals surface area contributed by atoms with Crippen LogP contribution in [0.25, 0.3) is 10.6 Å². The van der Waals surface area contributed by atoms with E-state index in [1.807, 2.05) is 13.0 Å². The van der Waals surface area contributed by atoms with E-state index in [1.54, 1.807) is 11.3 Å². The fraction of sp³-hybridized carbons (Fsp3) is 0.200. The van der Waals surface area contributed by atoms with Gasteiger partial charge in [-0.25, -0.2) is 0 Å². The summed E-state index contributed by atoms with van der Waals surface area (Å²) in [6.07, 6.45) is 0. The first-order valence-corrected chi connectivity index (χ1v) is 4.76. The van der Waals surface area contributed by atoms with Crippen LogP contribution < -0.4 is 0 Å². The van der Waals surface area contributed by atoms with Crippen molar-refractivity contribution in [3.8, 4) is 10.6 Å². The van der Waals surface area contributed by atoms with Crippen molar-refractivity contribution < 1.29 is 4.42 Å². The van der Waals surface area contributed by atoms with E-state index in [9.17, 15) is 0 Å². The van der Waals surface area contributed by atoms with Crippen LogP contribution in [0.5, 0.6) is 0 Å². The molecular formula is C10H10OS. The maximum absolute atomic E-state index is 5.57. The minimum atomic E-state index is 0.986. The predicted molar refractivity (Wildman–Crippen MR) is 51.5 cm³/mol. The second kappa shape index (κ2) is 2.79. The smallest absolute Gasteiger partial charge is 0.144 e. The van der Waals surface area contributed by atoms with Crippen molar-refractivity contribution in [2.45, 2.75) is 13.8 Å². The van der Waals surface area contributed by atoms with Crippen molar-refractivity contribution in [1.82, 2.24) is 0 Å². The molecule has 0 aliphatic rings. The van der Waals surface area contributed by atoms with Crippen molar-refractivity contribution in [2.75, 3.05) is 0 Å². The van der Waals surface area contributed by atoms with Crippen molar-refractivity contribution in [3.05, 3.63) is 34.9 Å². The normalized spacial score (nSPS) is 10.5. The average Bonchev–Trinajstić information content (AvgIpc) is 2.61. The largest absolute Gasteiger partial charge is 0.460 e. The van der Waals surface area contributed by atoms with Gasteiger partial charge in [0.25, 0.3) is 0 Å². The van der Waals surface area contributed by atoms with Crippen LogP contribution in [0.1, 0.15) is 11.3 Å². The van der Waals surface area contributed by atoms with E-state index in [1.165, 1.54) is 10.4 Å². The van der Waals surface area contributed by atoms with Crippen molar-refractivity contribution in [1.29, 1.82) is 0 Å². The molecule has 2 aromatic rings. The monoisotopic (exact) mass is 178 g/mol. The van der Waals surface area contributed by atoms with Crippen molar-refractivity contribution in [2.24, 2.45) is 0 Å². The molecule has 0 fully saturated rings. The Hall–Kier alpha value is -1.02. The van der Waals surface area contributed by atoms with Gasteiger partial charge < -0.3 is 4.42 Å². The predicted octanol–water partition coefficient (Wildman–Crippen LogP) is 3.62. The standard InChI is InChI=1S/C10H10OS/c1-7-6-9(11-8(7)2)10-4-3-5-12-10/h3-6H,1-2H3. The third-order valence-electron chi connectivity index (χ3n) is 1.93. The third kappa shape index (κ3) is 1.18. The maximum Gasteiger partial charge on any atom is 0.144 e. The maximum atomic E-state index is 5.57. The summed E-state index contributed by atoms with van der Waals surface area (Å²) in [7, 11) is 0. The first kappa shape index (κ1) is 7.62. The van der Waals surface area contributed by atoms with Crippen LogP contribution in [-0.4, -0.2) is 0 Å². The van der Waals surface area contributed by atoms with Gasteiger partial charge in [-0.3, -0.25) is 0 Å². The topological polar surface area (TPSA) is 13.1 Å². The Balaban J connectivity index is 2.48. The lowest BCUT2D eigenvalue weighted by Crippen LogP contribution is -1.63. The number of furan rings is 1. The van der Waals surface area contributed by atoms with Gasteiger partial charge >= 0.3 is 0 Å². The second-order valence-corrected chi connectivity index (χ2v) is 3.77. The zero-order chi connectivity index (χ0) is 8.55. The minimum Gasteiger partial charge on any atom is -0.460 e. The quantitative estimate of drug-likeness (QED) is 0.650. The summed E-state index contributed by atoms with van der Waals surface area (Å²) in [6, 6.07) is 6.19. The second-order valence-electron chi connectivity index (χ2n) is 2.83. The lowest BCUT2D eigenvalue weighted by Gasteiger charge is -1.87. The lowest BCUT2D eigenvalue weighted by atomic mass is 10.3. The summed E-state index contributed by atoms with van der Waals surface area (Å²) in [6.45, 7) is 4.06. The van der Waals surface area contributed by atoms with Gasteiger partial charge in [0.1, 0.15) is 11.5 Å². The Labute approximate surface area is 75.7 Å². The summed E-state index contributed by atoms with van der Waals surface area (Å²) in [5, 5.41) is 2.06. The highest BCUT2D eigenvalue weighted by Gasteiger charge is 2.05. The Kier molecular flexibility index (Phi) is 1.77. The molecule has 0 saturated heterocycles. The van der Waals surface area contributed by atoms with E-state index in [2.05, 4.69) is 24.4 Å². The summed E-state index contributed by atoms with van der Waals surface area (Å²) < 4.78 is 5.57. The van der Waals surface area contributed by atoms with Crippen LogP contribution >= 0.6 is 11.3 Å². The number of rotatable bonds is 1. The molecule has 62 valence electrons. The van der Waals surface area contributed by atoms with Crippen LogP contribution in [0.15, 0.2) is 28.0 Å². The van der Waals surface area contributed by atoms with E-state index in [0.717, 1.165) is 11.5 Å². The molecular weight excluding hydrogens is 168 g/mol. The van der Waals surface area contributed by atoms with Crippen molar-refractivity contribution >= 4 is 11.3 Å². The average molecular weight is 178 g/mol. The highest BCUT2D eigenvalue weighted by atomic mass is 32.1. The first-order valence-electron chi connectivity index (χ1n) is 3.88. The SMILES string of the molecule is Cc1cc(-c2cccs2)oc1C. The Morgan fingerprint density at radius 1 is 1.33 bits per heavy atom. The molecule has 0 spiro atoms. The molecule has 0 radical (unpaired) electrons. The van der Waals surface area contributed by atoms with Gasteiger partial charge in [0.15, 0.2) is 0 Å². The molecule has 12 heavy (non-hydrogen) atoms. The third-order valence-corrected chi connectivity index (χ3v) is 2.81. The molecule has 0 saturated carbocycles. The van der Waals surface area contributed by atoms with Gasteiger partial charge in [0.05, 0.1) is 4.88 Å². The molecule has 0 amide bonds. The molecule has 2 heterocycles. The van der Waals surface area contributed by atoms with Gasteiger partial charge in [0, 0.05) is 0 Å². The molecule has 2 rings (SSSR count). The number of hydrogen-bond acceptors (Lipinski definition) is 2. The van der Waals surface area contributed by atoms with Crippen LogP contribution in [0, 0.1) is 13.8 Å². The van der Waals surface area contributed by atoms with Gasteiger partial charge in [-0.2, -0.15) is 0 Å². The Morgan fingerprint density at radius 2 is 2.17 bits per heavy atom. The lowest BCUT2D eigenvalue weighted by molar-refractivity contribution is 0.547. The summed E-state index contributed by atoms with van der Waals surface area (Å²) in [5.74, 6) is 2.00. The molecule has 0 N–H and O–H groups in total. The fourth-order valence-electron chi connectivity index (χ4n) is 1.11. The van der Waals surface area contributed by atoms with Crippen LogP contribution in [-0.2, 0) is 0 Å². The minimum absolute atomic E-state index is 0.986. The van der Waals surface area contributed by atoms with Gasteiger partial charge in [-0.15, -0.1) is 11.3 Å². The Bertz CT molecular complexity index is 351. The van der Waals surface area contributed by atoms with Crippen molar-refractivity contribution in [3.63, 3.8) is 0 Å². The van der Waals surface area contributed by atoms with Crippen LogP contribution in [0.2, 0.25) is 0 Å². The number of hydrogen-bond donors (Lipinski definition) is 0. The molecule has 0 aliphatic carbocycles. The molecule has 2 aromatic heterocycles. The molecule has 1 nitrogen and oxygen atoms in total. The summed E-state index contributed by atoms with van der Waals surface area (Å²) >= 11 is 1.70. The Morgan fingerprint density at radius 3 is 2.67 bits per heavy atom. The molecule has 2 heteroatoms.